The van der Waals surface area contributed by atoms with Crippen LogP contribution in [-0.4, -0.2) is 59.7 Å². The van der Waals surface area contributed by atoms with Crippen molar-refractivity contribution in [2.75, 3.05) is 32.1 Å². The van der Waals surface area contributed by atoms with Crippen LogP contribution in [0.2, 0.25) is 0 Å². The maximum Gasteiger partial charge on any atom is 0.286 e. The maximum absolute atomic E-state index is 12.4. The van der Waals surface area contributed by atoms with Gasteiger partial charge in [0.05, 0.1) is 7.11 Å². The van der Waals surface area contributed by atoms with Crippen molar-refractivity contribution in [2.45, 2.75) is 45.1 Å². The zero-order valence-electron chi connectivity index (χ0n) is 17.5. The average molecular weight is 432 g/mol. The number of amides is 2. The quantitative estimate of drug-likeness (QED) is 0.666. The number of likely N-dealkylation sites (tertiary alicyclic amines) is 1. The first kappa shape index (κ1) is 22.2. The molecule has 3 rings (SSSR count). The lowest BCUT2D eigenvalue weighted by Gasteiger charge is -2.27. The molecule has 1 saturated heterocycles. The van der Waals surface area contributed by atoms with Crippen molar-refractivity contribution in [2.24, 2.45) is 0 Å². The zero-order valence-corrected chi connectivity index (χ0v) is 18.3. The number of methoxy groups -OCH3 is 1. The van der Waals surface area contributed by atoms with Crippen molar-refractivity contribution >= 4 is 28.8 Å². The Morgan fingerprint density at radius 1 is 1.07 bits per heavy atom. The Kier molecular flexibility index (Phi) is 8.15. The summed E-state index contributed by atoms with van der Waals surface area (Å²) in [6.45, 7) is 5.06. The van der Waals surface area contributed by atoms with Crippen LogP contribution >= 0.6 is 11.3 Å². The van der Waals surface area contributed by atoms with Crippen molar-refractivity contribution in [1.82, 2.24) is 20.4 Å². The zero-order chi connectivity index (χ0) is 21.3. The van der Waals surface area contributed by atoms with E-state index in [1.807, 2.05) is 0 Å². The first-order chi connectivity index (χ1) is 14.6. The third-order valence-electron chi connectivity index (χ3n) is 5.27. The molecule has 8 nitrogen and oxygen atoms in total. The van der Waals surface area contributed by atoms with E-state index in [-0.39, 0.29) is 15.9 Å². The molecule has 0 aliphatic carbocycles. The van der Waals surface area contributed by atoms with Crippen LogP contribution in [0, 0.1) is 0 Å². The number of hydrogen-bond acceptors (Lipinski definition) is 7. The van der Waals surface area contributed by atoms with E-state index >= 15 is 0 Å². The van der Waals surface area contributed by atoms with Gasteiger partial charge < -0.3 is 20.3 Å². The molecule has 2 amide bonds. The SMILES string of the molecule is COc1ccc(NC(=O)c2nnc(C(=O)NCCC(C)N3CCCCCC3)s2)cc1. The van der Waals surface area contributed by atoms with Gasteiger partial charge in [0.25, 0.3) is 11.8 Å². The predicted molar refractivity (Wildman–Crippen MR) is 117 cm³/mol. The van der Waals surface area contributed by atoms with Gasteiger partial charge in [0.15, 0.2) is 0 Å². The largest absolute Gasteiger partial charge is 0.497 e. The van der Waals surface area contributed by atoms with Crippen molar-refractivity contribution in [3.8, 4) is 5.75 Å². The Morgan fingerprint density at radius 3 is 2.33 bits per heavy atom. The monoisotopic (exact) mass is 431 g/mol. The Balaban J connectivity index is 1.46. The van der Waals surface area contributed by atoms with Crippen molar-refractivity contribution < 1.29 is 14.3 Å². The molecule has 2 aromatic rings. The fourth-order valence-electron chi connectivity index (χ4n) is 3.45. The second-order valence-electron chi connectivity index (χ2n) is 7.44. The topological polar surface area (TPSA) is 96.5 Å². The van der Waals surface area contributed by atoms with Gasteiger partial charge in [0.2, 0.25) is 10.0 Å². The van der Waals surface area contributed by atoms with E-state index in [2.05, 4.69) is 32.7 Å². The number of carbonyl (C=O) groups is 2. The Morgan fingerprint density at radius 2 is 1.70 bits per heavy atom. The molecular formula is C21H29N5O3S. The van der Waals surface area contributed by atoms with Gasteiger partial charge >= 0.3 is 0 Å². The first-order valence-corrected chi connectivity index (χ1v) is 11.2. The molecule has 1 unspecified atom stereocenters. The van der Waals surface area contributed by atoms with Gasteiger partial charge in [-0.25, -0.2) is 0 Å². The average Bonchev–Trinajstić information content (AvgIpc) is 3.10. The summed E-state index contributed by atoms with van der Waals surface area (Å²) >= 11 is 0.984. The smallest absolute Gasteiger partial charge is 0.286 e. The maximum atomic E-state index is 12.4. The van der Waals surface area contributed by atoms with Crippen molar-refractivity contribution in [3.05, 3.63) is 34.3 Å². The molecule has 9 heteroatoms. The fraction of sp³-hybridized carbons (Fsp3) is 0.524. The highest BCUT2D eigenvalue weighted by Gasteiger charge is 2.19. The summed E-state index contributed by atoms with van der Waals surface area (Å²) in [5.41, 5.74) is 0.615. The van der Waals surface area contributed by atoms with E-state index < -0.39 is 5.91 Å². The summed E-state index contributed by atoms with van der Waals surface area (Å²) in [5.74, 6) is 0.0126. The summed E-state index contributed by atoms with van der Waals surface area (Å²) in [6, 6.07) is 7.40. The van der Waals surface area contributed by atoms with E-state index in [4.69, 9.17) is 4.74 Å². The van der Waals surface area contributed by atoms with Crippen molar-refractivity contribution in [1.29, 1.82) is 0 Å². The van der Waals surface area contributed by atoms with E-state index in [1.54, 1.807) is 31.4 Å². The van der Waals surface area contributed by atoms with Gasteiger partial charge in [0, 0.05) is 18.3 Å². The minimum atomic E-state index is -0.397. The van der Waals surface area contributed by atoms with Crippen LogP contribution in [0.25, 0.3) is 0 Å². The molecule has 1 aliphatic rings. The summed E-state index contributed by atoms with van der Waals surface area (Å²) in [6.07, 6.45) is 6.01. The second kappa shape index (κ2) is 11.0. The van der Waals surface area contributed by atoms with Crippen LogP contribution in [-0.2, 0) is 0 Å². The molecule has 1 aliphatic heterocycles. The number of aromatic nitrogens is 2. The number of ether oxygens (including phenoxy) is 1. The molecule has 2 heterocycles. The Hall–Kier alpha value is -2.52. The molecule has 0 spiro atoms. The highest BCUT2D eigenvalue weighted by Crippen LogP contribution is 2.17. The molecule has 162 valence electrons. The van der Waals surface area contributed by atoms with Crippen LogP contribution < -0.4 is 15.4 Å². The molecule has 0 radical (unpaired) electrons. The molecule has 1 fully saturated rings. The molecule has 1 aromatic heterocycles. The third kappa shape index (κ3) is 6.24. The summed E-state index contributed by atoms with van der Waals surface area (Å²) in [7, 11) is 1.58. The first-order valence-electron chi connectivity index (χ1n) is 10.4. The molecule has 1 atom stereocenters. The molecular weight excluding hydrogens is 402 g/mol. The fourth-order valence-corrected chi connectivity index (χ4v) is 4.11. The lowest BCUT2D eigenvalue weighted by atomic mass is 10.2. The molecule has 30 heavy (non-hydrogen) atoms. The Bertz CT molecular complexity index is 831. The van der Waals surface area contributed by atoms with Crippen molar-refractivity contribution in [3.63, 3.8) is 0 Å². The van der Waals surface area contributed by atoms with E-state index in [0.717, 1.165) is 30.8 Å². The standard InChI is InChI=1S/C21H29N5O3S/c1-15(26-13-5-3-4-6-14-26)11-12-22-18(27)20-24-25-21(30-20)19(28)23-16-7-9-17(29-2)10-8-16/h7-10,15H,3-6,11-14H2,1-2H3,(H,22,27)(H,23,28). The Labute approximate surface area is 181 Å². The number of rotatable bonds is 8. The van der Waals surface area contributed by atoms with Crippen LogP contribution in [0.3, 0.4) is 0 Å². The number of nitrogens with zero attached hydrogens (tertiary/aromatic N) is 3. The minimum absolute atomic E-state index is 0.147. The predicted octanol–water partition coefficient (Wildman–Crippen LogP) is 3.18. The highest BCUT2D eigenvalue weighted by molar-refractivity contribution is 7.15. The van der Waals surface area contributed by atoms with Gasteiger partial charge in [-0.15, -0.1) is 10.2 Å². The normalized spacial score (nSPS) is 15.8. The van der Waals surface area contributed by atoms with Gasteiger partial charge in [-0.05, 0) is 63.5 Å². The third-order valence-corrected chi connectivity index (χ3v) is 6.19. The van der Waals surface area contributed by atoms with Crippen LogP contribution in [0.1, 0.15) is 58.6 Å². The number of anilines is 1. The second-order valence-corrected chi connectivity index (χ2v) is 8.42. The lowest BCUT2D eigenvalue weighted by Crippen LogP contribution is -2.37. The molecule has 2 N–H and O–H groups in total. The van der Waals surface area contributed by atoms with E-state index in [9.17, 15) is 9.59 Å². The van der Waals surface area contributed by atoms with E-state index in [1.165, 1.54) is 25.7 Å². The van der Waals surface area contributed by atoms with Crippen LogP contribution in [0.4, 0.5) is 5.69 Å². The van der Waals surface area contributed by atoms with Gasteiger partial charge in [-0.3, -0.25) is 9.59 Å². The van der Waals surface area contributed by atoms with Gasteiger partial charge in [-0.2, -0.15) is 0 Å². The number of nitrogens with one attached hydrogen (secondary N) is 2. The lowest BCUT2D eigenvalue weighted by molar-refractivity contribution is 0.0946. The summed E-state index contributed by atoms with van der Waals surface area (Å²) < 4.78 is 5.10. The number of hydrogen-bond donors (Lipinski definition) is 2. The van der Waals surface area contributed by atoms with Gasteiger partial charge in [0.1, 0.15) is 5.75 Å². The number of benzene rings is 1. The minimum Gasteiger partial charge on any atom is -0.497 e. The highest BCUT2D eigenvalue weighted by atomic mass is 32.1. The molecule has 0 bridgehead atoms. The van der Waals surface area contributed by atoms with E-state index in [0.29, 0.717) is 24.0 Å². The van der Waals surface area contributed by atoms with Gasteiger partial charge in [-0.1, -0.05) is 24.2 Å². The summed E-state index contributed by atoms with van der Waals surface area (Å²) in [4.78, 5) is 27.2. The van der Waals surface area contributed by atoms with Crippen LogP contribution in [0.15, 0.2) is 24.3 Å². The molecule has 1 aromatic carbocycles. The summed E-state index contributed by atoms with van der Waals surface area (Å²) in [5, 5.41) is 13.7. The number of carbonyl (C=O) groups excluding carboxylic acids is 2. The van der Waals surface area contributed by atoms with Crippen LogP contribution in [0.5, 0.6) is 5.75 Å². The molecule has 0 saturated carbocycles.